The minimum atomic E-state index is -0.218. The standard InChI is InChI=1S/C8H9ClN4O/c9-4-1-5(10)8-12-6(3-14)7(11)13(8)2-4/h1-2,14H,3,10-11H2. The molecule has 0 saturated carbocycles. The van der Waals surface area contributed by atoms with Crippen molar-refractivity contribution in [2.24, 2.45) is 0 Å². The van der Waals surface area contributed by atoms with Crippen LogP contribution >= 0.6 is 11.6 Å². The highest BCUT2D eigenvalue weighted by Gasteiger charge is 2.10. The zero-order valence-corrected chi connectivity index (χ0v) is 7.99. The van der Waals surface area contributed by atoms with Crippen LogP contribution in [-0.2, 0) is 6.61 Å². The molecule has 2 heterocycles. The van der Waals surface area contributed by atoms with Crippen LogP contribution in [0.4, 0.5) is 11.5 Å². The van der Waals surface area contributed by atoms with E-state index in [-0.39, 0.29) is 6.61 Å². The lowest BCUT2D eigenvalue weighted by atomic mass is 10.4. The average molecular weight is 213 g/mol. The van der Waals surface area contributed by atoms with Crippen LogP contribution in [-0.4, -0.2) is 14.5 Å². The number of nitrogens with two attached hydrogens (primary N) is 2. The highest BCUT2D eigenvalue weighted by molar-refractivity contribution is 6.30. The Morgan fingerprint density at radius 3 is 2.86 bits per heavy atom. The van der Waals surface area contributed by atoms with E-state index in [4.69, 9.17) is 28.2 Å². The molecule has 14 heavy (non-hydrogen) atoms. The molecule has 74 valence electrons. The van der Waals surface area contributed by atoms with Crippen LogP contribution in [0.3, 0.4) is 0 Å². The molecule has 5 nitrogen and oxygen atoms in total. The number of halogens is 1. The van der Waals surface area contributed by atoms with Crippen molar-refractivity contribution in [3.05, 3.63) is 23.0 Å². The van der Waals surface area contributed by atoms with Crippen LogP contribution in [0.2, 0.25) is 5.02 Å². The van der Waals surface area contributed by atoms with E-state index < -0.39 is 0 Å². The first-order chi connectivity index (χ1) is 6.63. The lowest BCUT2D eigenvalue weighted by Crippen LogP contribution is -1.97. The number of pyridine rings is 1. The van der Waals surface area contributed by atoms with Gasteiger partial charge in [0.25, 0.3) is 0 Å². The largest absolute Gasteiger partial charge is 0.396 e. The maximum atomic E-state index is 8.95. The summed E-state index contributed by atoms with van der Waals surface area (Å²) in [4.78, 5) is 4.08. The van der Waals surface area contributed by atoms with Crippen LogP contribution in [0.1, 0.15) is 5.69 Å². The fraction of sp³-hybridized carbons (Fsp3) is 0.125. The predicted molar refractivity (Wildman–Crippen MR) is 54.9 cm³/mol. The van der Waals surface area contributed by atoms with Crippen molar-refractivity contribution in [3.8, 4) is 0 Å². The second-order valence-corrected chi connectivity index (χ2v) is 3.35. The number of aliphatic hydroxyl groups excluding tert-OH is 1. The van der Waals surface area contributed by atoms with Gasteiger partial charge in [0.2, 0.25) is 0 Å². The van der Waals surface area contributed by atoms with Crippen molar-refractivity contribution >= 4 is 28.8 Å². The van der Waals surface area contributed by atoms with E-state index in [9.17, 15) is 0 Å². The highest BCUT2D eigenvalue weighted by atomic mass is 35.5. The first-order valence-corrected chi connectivity index (χ1v) is 4.33. The Kier molecular flexibility index (Phi) is 1.98. The fourth-order valence-corrected chi connectivity index (χ4v) is 1.53. The monoisotopic (exact) mass is 212 g/mol. The predicted octanol–water partition coefficient (Wildman–Crippen LogP) is 0.644. The third-order valence-electron chi connectivity index (χ3n) is 1.98. The molecule has 0 aliphatic heterocycles. The number of hydrogen-bond donors (Lipinski definition) is 3. The van der Waals surface area contributed by atoms with E-state index >= 15 is 0 Å². The van der Waals surface area contributed by atoms with E-state index in [1.807, 2.05) is 0 Å². The van der Waals surface area contributed by atoms with Gasteiger partial charge in [0.1, 0.15) is 11.5 Å². The summed E-state index contributed by atoms with van der Waals surface area (Å²) in [5.41, 5.74) is 12.7. The van der Waals surface area contributed by atoms with Crippen molar-refractivity contribution in [2.75, 3.05) is 11.5 Å². The summed E-state index contributed by atoms with van der Waals surface area (Å²) in [7, 11) is 0. The molecule has 0 aliphatic rings. The Bertz CT molecular complexity index is 494. The first-order valence-electron chi connectivity index (χ1n) is 3.95. The van der Waals surface area contributed by atoms with E-state index in [0.29, 0.717) is 27.9 Å². The number of nitrogen functional groups attached to an aromatic ring is 2. The quantitative estimate of drug-likeness (QED) is 0.647. The minimum absolute atomic E-state index is 0.218. The zero-order chi connectivity index (χ0) is 10.3. The van der Waals surface area contributed by atoms with E-state index in [2.05, 4.69) is 4.98 Å². The van der Waals surface area contributed by atoms with E-state index in [0.717, 1.165) is 0 Å². The molecule has 0 aromatic carbocycles. The van der Waals surface area contributed by atoms with Crippen molar-refractivity contribution in [3.63, 3.8) is 0 Å². The van der Waals surface area contributed by atoms with Gasteiger partial charge in [0, 0.05) is 6.20 Å². The second kappa shape index (κ2) is 3.04. The maximum absolute atomic E-state index is 8.95. The summed E-state index contributed by atoms with van der Waals surface area (Å²) in [5, 5.41) is 9.43. The van der Waals surface area contributed by atoms with Crippen molar-refractivity contribution in [1.82, 2.24) is 9.38 Å². The Hall–Kier alpha value is -1.46. The van der Waals surface area contributed by atoms with Gasteiger partial charge in [-0.05, 0) is 6.07 Å². The molecular weight excluding hydrogens is 204 g/mol. The van der Waals surface area contributed by atoms with Crippen molar-refractivity contribution in [1.29, 1.82) is 0 Å². The first kappa shape index (κ1) is 9.11. The van der Waals surface area contributed by atoms with Gasteiger partial charge in [0.15, 0.2) is 5.65 Å². The molecule has 2 rings (SSSR count). The molecule has 0 amide bonds. The number of rotatable bonds is 1. The van der Waals surface area contributed by atoms with Gasteiger partial charge in [-0.1, -0.05) is 11.6 Å². The number of nitrogens with zero attached hydrogens (tertiary/aromatic N) is 2. The third kappa shape index (κ3) is 1.18. The minimum Gasteiger partial charge on any atom is -0.396 e. The summed E-state index contributed by atoms with van der Waals surface area (Å²) < 4.78 is 1.56. The molecule has 0 saturated heterocycles. The molecule has 2 aromatic heterocycles. The lowest BCUT2D eigenvalue weighted by Gasteiger charge is -2.00. The van der Waals surface area contributed by atoms with Crippen LogP contribution in [0, 0.1) is 0 Å². The number of aliphatic hydroxyl groups is 1. The van der Waals surface area contributed by atoms with Gasteiger partial charge in [-0.15, -0.1) is 0 Å². The van der Waals surface area contributed by atoms with Gasteiger partial charge >= 0.3 is 0 Å². The molecule has 0 spiro atoms. The van der Waals surface area contributed by atoms with Crippen LogP contribution in [0.25, 0.3) is 5.65 Å². The molecule has 0 radical (unpaired) electrons. The Morgan fingerprint density at radius 1 is 1.50 bits per heavy atom. The molecule has 0 aliphatic carbocycles. The van der Waals surface area contributed by atoms with Gasteiger partial charge < -0.3 is 16.6 Å². The Labute approximate surface area is 84.9 Å². The van der Waals surface area contributed by atoms with E-state index in [1.165, 1.54) is 0 Å². The average Bonchev–Trinajstić information content (AvgIpc) is 2.44. The molecular formula is C8H9ClN4O. The molecule has 0 unspecified atom stereocenters. The number of anilines is 2. The lowest BCUT2D eigenvalue weighted by molar-refractivity contribution is 0.278. The van der Waals surface area contributed by atoms with Crippen molar-refractivity contribution < 1.29 is 5.11 Å². The van der Waals surface area contributed by atoms with Crippen LogP contribution < -0.4 is 11.5 Å². The summed E-state index contributed by atoms with van der Waals surface area (Å²) in [5.74, 6) is 0.358. The number of hydrogen-bond acceptors (Lipinski definition) is 4. The summed E-state index contributed by atoms with van der Waals surface area (Å²) in [6.45, 7) is -0.218. The van der Waals surface area contributed by atoms with Gasteiger partial charge in [-0.25, -0.2) is 4.98 Å². The van der Waals surface area contributed by atoms with Crippen LogP contribution in [0.5, 0.6) is 0 Å². The summed E-state index contributed by atoms with van der Waals surface area (Å²) in [6, 6.07) is 1.59. The molecule has 0 fully saturated rings. The molecule has 6 heteroatoms. The second-order valence-electron chi connectivity index (χ2n) is 2.91. The normalized spacial score (nSPS) is 11.0. The summed E-state index contributed by atoms with van der Waals surface area (Å²) >= 11 is 5.80. The van der Waals surface area contributed by atoms with Crippen LogP contribution in [0.15, 0.2) is 12.3 Å². The fourth-order valence-electron chi connectivity index (χ4n) is 1.32. The maximum Gasteiger partial charge on any atom is 0.162 e. The van der Waals surface area contributed by atoms with Gasteiger partial charge in [0.05, 0.1) is 17.3 Å². The number of fused-ring (bicyclic) bond motifs is 1. The topological polar surface area (TPSA) is 89.6 Å². The SMILES string of the molecule is Nc1cc(Cl)cn2c(N)c(CO)nc12. The number of imidazole rings is 1. The van der Waals surface area contributed by atoms with E-state index in [1.54, 1.807) is 16.7 Å². The zero-order valence-electron chi connectivity index (χ0n) is 7.24. The molecule has 0 bridgehead atoms. The smallest absolute Gasteiger partial charge is 0.162 e. The Morgan fingerprint density at radius 2 is 2.21 bits per heavy atom. The molecule has 2 aromatic rings. The van der Waals surface area contributed by atoms with Gasteiger partial charge in [-0.3, -0.25) is 4.40 Å². The van der Waals surface area contributed by atoms with Crippen molar-refractivity contribution in [2.45, 2.75) is 6.61 Å². The number of aromatic nitrogens is 2. The summed E-state index contributed by atoms with van der Waals surface area (Å²) in [6.07, 6.45) is 1.61. The molecule has 5 N–H and O–H groups in total. The Balaban J connectivity index is 2.85. The highest BCUT2D eigenvalue weighted by Crippen LogP contribution is 2.23. The third-order valence-corrected chi connectivity index (χ3v) is 2.18. The van der Waals surface area contributed by atoms with Gasteiger partial charge in [-0.2, -0.15) is 0 Å². The molecule has 0 atom stereocenters.